The monoisotopic (exact) mass is 420 g/mol. The molecule has 3 aliphatic rings. The molecule has 2 heterocycles. The molecule has 0 radical (unpaired) electrons. The summed E-state index contributed by atoms with van der Waals surface area (Å²) in [5, 5.41) is 0. The number of hydrogen-bond acceptors (Lipinski definition) is 4. The van der Waals surface area contributed by atoms with E-state index < -0.39 is 10.0 Å². The summed E-state index contributed by atoms with van der Waals surface area (Å²) < 4.78 is 32.7. The number of ether oxygens (including phenoxy) is 1. The average molecular weight is 421 g/mol. The van der Waals surface area contributed by atoms with E-state index in [9.17, 15) is 13.2 Å². The van der Waals surface area contributed by atoms with E-state index in [2.05, 4.69) is 0 Å². The van der Waals surface area contributed by atoms with Crippen molar-refractivity contribution < 1.29 is 17.9 Å². The predicted octanol–water partition coefficient (Wildman–Crippen LogP) is 3.42. The third-order valence-electron chi connectivity index (χ3n) is 6.70. The van der Waals surface area contributed by atoms with Gasteiger partial charge in [-0.25, -0.2) is 8.42 Å². The van der Waals surface area contributed by atoms with E-state index in [0.29, 0.717) is 35.7 Å². The van der Waals surface area contributed by atoms with E-state index in [1.54, 1.807) is 28.6 Å². The highest BCUT2D eigenvalue weighted by molar-refractivity contribution is 7.89. The summed E-state index contributed by atoms with van der Waals surface area (Å²) in [4.78, 5) is 15.1. The van der Waals surface area contributed by atoms with Crippen LogP contribution in [0.5, 0.6) is 5.75 Å². The zero-order chi connectivity index (χ0) is 20.3. The predicted molar refractivity (Wildman–Crippen MR) is 111 cm³/mol. The number of carbonyl (C=O) groups excluding carboxylic acids is 1. The first-order valence-corrected chi connectivity index (χ1v) is 12.5. The Bertz CT molecular complexity index is 801. The molecule has 1 aromatic rings. The molecule has 0 spiro atoms. The largest absolute Gasteiger partial charge is 0.484 e. The molecule has 2 atom stereocenters. The van der Waals surface area contributed by atoms with Crippen LogP contribution < -0.4 is 4.74 Å². The Hall–Kier alpha value is -1.60. The van der Waals surface area contributed by atoms with Crippen LogP contribution in [0, 0.1) is 5.92 Å². The van der Waals surface area contributed by atoms with Crippen molar-refractivity contribution in [3.63, 3.8) is 0 Å². The lowest BCUT2D eigenvalue weighted by atomic mass is 9.78. The van der Waals surface area contributed by atoms with Crippen LogP contribution in [0.15, 0.2) is 29.2 Å². The van der Waals surface area contributed by atoms with Crippen LogP contribution in [0.2, 0.25) is 0 Å². The van der Waals surface area contributed by atoms with E-state index >= 15 is 0 Å². The maximum absolute atomic E-state index is 12.8. The van der Waals surface area contributed by atoms with Gasteiger partial charge in [-0.1, -0.05) is 19.3 Å². The quantitative estimate of drug-likeness (QED) is 0.732. The summed E-state index contributed by atoms with van der Waals surface area (Å²) in [5.74, 6) is 1.24. The minimum absolute atomic E-state index is 0.0153. The third-order valence-corrected chi connectivity index (χ3v) is 8.62. The zero-order valence-electron chi connectivity index (χ0n) is 17.1. The molecule has 4 rings (SSSR count). The fourth-order valence-electron chi connectivity index (χ4n) is 5.12. The number of sulfonamides is 1. The van der Waals surface area contributed by atoms with Crippen molar-refractivity contribution in [3.8, 4) is 5.75 Å². The van der Waals surface area contributed by atoms with Gasteiger partial charge in [0.25, 0.3) is 5.91 Å². The van der Waals surface area contributed by atoms with E-state index in [1.807, 2.05) is 4.90 Å². The van der Waals surface area contributed by atoms with Gasteiger partial charge < -0.3 is 9.64 Å². The number of piperidine rings is 2. The van der Waals surface area contributed by atoms with Crippen molar-refractivity contribution >= 4 is 15.9 Å². The molecular formula is C22H32N2O4S. The molecule has 1 aromatic carbocycles. The highest BCUT2D eigenvalue weighted by Crippen LogP contribution is 2.35. The van der Waals surface area contributed by atoms with Crippen LogP contribution in [-0.4, -0.2) is 55.8 Å². The molecule has 2 saturated heterocycles. The van der Waals surface area contributed by atoms with Gasteiger partial charge in [0.1, 0.15) is 5.75 Å². The van der Waals surface area contributed by atoms with Crippen LogP contribution in [0.3, 0.4) is 0 Å². The second kappa shape index (κ2) is 9.04. The number of carbonyl (C=O) groups is 1. The van der Waals surface area contributed by atoms with E-state index in [4.69, 9.17) is 4.74 Å². The van der Waals surface area contributed by atoms with Crippen LogP contribution in [0.25, 0.3) is 0 Å². The Balaban J connectivity index is 1.34. The maximum atomic E-state index is 12.8. The molecule has 2 aliphatic heterocycles. The number of benzene rings is 1. The number of hydrogen-bond donors (Lipinski definition) is 0. The molecule has 7 heteroatoms. The first kappa shape index (κ1) is 20.7. The van der Waals surface area contributed by atoms with Gasteiger partial charge in [-0.15, -0.1) is 0 Å². The highest BCUT2D eigenvalue weighted by atomic mass is 32.2. The molecule has 1 aliphatic carbocycles. The lowest BCUT2D eigenvalue weighted by Gasteiger charge is -2.44. The first-order chi connectivity index (χ1) is 14.1. The minimum atomic E-state index is -3.44. The van der Waals surface area contributed by atoms with Gasteiger partial charge in [-0.2, -0.15) is 4.31 Å². The molecular weight excluding hydrogens is 388 g/mol. The standard InChI is InChI=1S/C22H32N2O4S/c25-22(24-16-6-8-18-7-2-3-9-21(18)24)17-28-19-10-12-20(13-11-19)29(26,27)23-14-4-1-5-15-23/h10-13,18,21H,1-9,14-17H2. The fourth-order valence-corrected chi connectivity index (χ4v) is 6.64. The lowest BCUT2D eigenvalue weighted by molar-refractivity contribution is -0.139. The molecule has 1 amide bonds. The maximum Gasteiger partial charge on any atom is 0.260 e. The molecule has 0 N–H and O–H groups in total. The third kappa shape index (κ3) is 4.61. The molecule has 2 unspecified atom stereocenters. The molecule has 0 aromatic heterocycles. The Kier molecular flexibility index (Phi) is 6.44. The molecule has 3 fully saturated rings. The summed E-state index contributed by atoms with van der Waals surface area (Å²) in [6, 6.07) is 6.86. The Morgan fingerprint density at radius 2 is 1.59 bits per heavy atom. The van der Waals surface area contributed by atoms with Crippen LogP contribution >= 0.6 is 0 Å². The molecule has 1 saturated carbocycles. The summed E-state index contributed by atoms with van der Waals surface area (Å²) in [7, 11) is -3.44. The lowest BCUT2D eigenvalue weighted by Crippen LogP contribution is -2.51. The first-order valence-electron chi connectivity index (χ1n) is 11.1. The van der Waals surface area contributed by atoms with E-state index in [0.717, 1.165) is 38.6 Å². The van der Waals surface area contributed by atoms with Gasteiger partial charge in [0.05, 0.1) is 4.90 Å². The minimum Gasteiger partial charge on any atom is -0.484 e. The average Bonchev–Trinajstić information content (AvgIpc) is 2.78. The van der Waals surface area contributed by atoms with Crippen molar-refractivity contribution in [2.75, 3.05) is 26.2 Å². The van der Waals surface area contributed by atoms with Gasteiger partial charge in [0, 0.05) is 25.7 Å². The van der Waals surface area contributed by atoms with Gasteiger partial charge in [-0.05, 0) is 68.7 Å². The van der Waals surface area contributed by atoms with Crippen LogP contribution in [-0.2, 0) is 14.8 Å². The van der Waals surface area contributed by atoms with Gasteiger partial charge in [-0.3, -0.25) is 4.79 Å². The smallest absolute Gasteiger partial charge is 0.260 e. The SMILES string of the molecule is O=C(COc1ccc(S(=O)(=O)N2CCCCC2)cc1)N1CCCC2CCCCC21. The normalized spacial score (nSPS) is 26.0. The second-order valence-corrected chi connectivity index (χ2v) is 10.5. The summed E-state index contributed by atoms with van der Waals surface area (Å²) in [6.07, 6.45) is 10.1. The van der Waals surface area contributed by atoms with Crippen molar-refractivity contribution in [1.82, 2.24) is 9.21 Å². The van der Waals surface area contributed by atoms with Crippen molar-refractivity contribution in [1.29, 1.82) is 0 Å². The van der Waals surface area contributed by atoms with Gasteiger partial charge in [0.2, 0.25) is 10.0 Å². The second-order valence-electron chi connectivity index (χ2n) is 8.57. The van der Waals surface area contributed by atoms with Crippen molar-refractivity contribution in [3.05, 3.63) is 24.3 Å². The van der Waals surface area contributed by atoms with Crippen LogP contribution in [0.1, 0.15) is 57.8 Å². The molecule has 160 valence electrons. The van der Waals surface area contributed by atoms with Crippen molar-refractivity contribution in [2.24, 2.45) is 5.92 Å². The number of amides is 1. The molecule has 0 bridgehead atoms. The summed E-state index contributed by atoms with van der Waals surface area (Å²) in [6.45, 7) is 2.03. The Morgan fingerprint density at radius 1 is 0.897 bits per heavy atom. The summed E-state index contributed by atoms with van der Waals surface area (Å²) in [5.41, 5.74) is 0. The molecule has 6 nitrogen and oxygen atoms in total. The topological polar surface area (TPSA) is 66.9 Å². The van der Waals surface area contributed by atoms with E-state index in [1.165, 1.54) is 25.7 Å². The Labute approximate surface area is 174 Å². The summed E-state index contributed by atoms with van der Waals surface area (Å²) >= 11 is 0. The Morgan fingerprint density at radius 3 is 2.34 bits per heavy atom. The number of nitrogens with zero attached hydrogens (tertiary/aromatic N) is 2. The number of fused-ring (bicyclic) bond motifs is 1. The van der Waals surface area contributed by atoms with E-state index in [-0.39, 0.29) is 12.5 Å². The zero-order valence-corrected chi connectivity index (χ0v) is 17.9. The highest BCUT2D eigenvalue weighted by Gasteiger charge is 2.35. The van der Waals surface area contributed by atoms with Gasteiger partial charge >= 0.3 is 0 Å². The van der Waals surface area contributed by atoms with Crippen molar-refractivity contribution in [2.45, 2.75) is 68.7 Å². The van der Waals surface area contributed by atoms with Gasteiger partial charge in [0.15, 0.2) is 6.61 Å². The number of rotatable bonds is 5. The van der Waals surface area contributed by atoms with Crippen LogP contribution in [0.4, 0.5) is 0 Å². The fraction of sp³-hybridized carbons (Fsp3) is 0.682. The molecule has 29 heavy (non-hydrogen) atoms. The number of likely N-dealkylation sites (tertiary alicyclic amines) is 1.